The summed E-state index contributed by atoms with van der Waals surface area (Å²) < 4.78 is 0. The largest absolute Gasteiger partial charge is 0.508 e. The number of allylic oxidation sites excluding steroid dienone is 12. The highest BCUT2D eigenvalue weighted by molar-refractivity contribution is 6.33. The maximum Gasteiger partial charge on any atom is 0.119 e. The average molecular weight is 743 g/mol. The van der Waals surface area contributed by atoms with E-state index in [0.717, 1.165) is 23.8 Å². The SMILES string of the molecule is OC1=C2C=C3C=C4C=CC5C=C6C(O)Cc7c(O)cc8cc9cc%10cc%11cccc%12c%11c%11c%10c%10c%13c%14c%15c(c8c7C6C%15C5C4C%14C3C3C=%13C%11C4=C%12CCC(=C1)C4C23)c9%10. The molecule has 0 bridgehead atoms. The lowest BCUT2D eigenvalue weighted by molar-refractivity contribution is 0.107. The molecule has 1 saturated carbocycles. The zero-order valence-electron chi connectivity index (χ0n) is 31.4. The van der Waals surface area contributed by atoms with Gasteiger partial charge in [0.2, 0.25) is 0 Å². The highest BCUT2D eigenvalue weighted by Gasteiger charge is 2.66. The number of hydrogen-bond donors (Lipinski definition) is 3. The van der Waals surface area contributed by atoms with Gasteiger partial charge < -0.3 is 15.3 Å². The van der Waals surface area contributed by atoms with Gasteiger partial charge in [-0.3, -0.25) is 0 Å². The summed E-state index contributed by atoms with van der Waals surface area (Å²) in [6, 6.07) is 16.6. The van der Waals surface area contributed by atoms with E-state index in [9.17, 15) is 15.3 Å². The van der Waals surface area contributed by atoms with Gasteiger partial charge in [0.1, 0.15) is 11.5 Å². The van der Waals surface area contributed by atoms with E-state index in [0.29, 0.717) is 53.4 Å². The molecular formula is C55H34O3. The lowest BCUT2D eigenvalue weighted by atomic mass is 9.37. The van der Waals surface area contributed by atoms with Crippen LogP contribution in [0.5, 0.6) is 5.75 Å². The second kappa shape index (κ2) is 8.03. The summed E-state index contributed by atoms with van der Waals surface area (Å²) in [6.45, 7) is 0. The fraction of sp³-hybridized carbons (Fsp3) is 0.273. The van der Waals surface area contributed by atoms with Crippen LogP contribution >= 0.6 is 0 Å². The number of benzene rings is 6. The van der Waals surface area contributed by atoms with Gasteiger partial charge in [-0.1, -0.05) is 54.2 Å². The predicted octanol–water partition coefficient (Wildman–Crippen LogP) is 10.4. The molecule has 0 saturated heterocycles. The first kappa shape index (κ1) is 27.9. The van der Waals surface area contributed by atoms with Crippen LogP contribution in [0.2, 0.25) is 0 Å². The summed E-state index contributed by atoms with van der Waals surface area (Å²) in [5, 5.41) is 51.7. The van der Waals surface area contributed by atoms with Crippen LogP contribution in [0.4, 0.5) is 0 Å². The maximum absolute atomic E-state index is 12.1. The quantitative estimate of drug-likeness (QED) is 0.0825. The number of rotatable bonds is 0. The number of fused-ring (bicyclic) bond motifs is 1. The van der Waals surface area contributed by atoms with Gasteiger partial charge >= 0.3 is 0 Å². The van der Waals surface area contributed by atoms with Gasteiger partial charge in [-0.25, -0.2) is 0 Å². The van der Waals surface area contributed by atoms with Crippen molar-refractivity contribution in [1.82, 2.24) is 0 Å². The molecule has 272 valence electrons. The summed E-state index contributed by atoms with van der Waals surface area (Å²) in [5.74, 6) is 4.13. The Balaban J connectivity index is 1.16. The number of phenolic OH excluding ortho intramolecular Hbond substituents is 1. The van der Waals surface area contributed by atoms with Gasteiger partial charge in [0.05, 0.1) is 6.10 Å². The van der Waals surface area contributed by atoms with Crippen LogP contribution in [0.15, 0.2) is 118 Å². The number of aliphatic hydroxyl groups is 2. The molecular weight excluding hydrogens is 709 g/mol. The van der Waals surface area contributed by atoms with E-state index in [-0.39, 0.29) is 29.6 Å². The Labute approximate surface area is 332 Å². The summed E-state index contributed by atoms with van der Waals surface area (Å²) in [4.78, 5) is 0. The molecule has 0 radical (unpaired) electrons. The molecule has 3 N–H and O–H groups in total. The third-order valence-electron chi connectivity index (χ3n) is 19.3. The van der Waals surface area contributed by atoms with Gasteiger partial charge in [0.15, 0.2) is 0 Å². The Morgan fingerprint density at radius 1 is 0.621 bits per heavy atom. The normalized spacial score (nSPS) is 37.5. The zero-order chi connectivity index (χ0) is 36.8. The third kappa shape index (κ3) is 2.39. The van der Waals surface area contributed by atoms with E-state index in [2.05, 4.69) is 72.9 Å². The minimum absolute atomic E-state index is 0.0747. The van der Waals surface area contributed by atoms with Gasteiger partial charge in [0, 0.05) is 35.7 Å². The predicted molar refractivity (Wildman–Crippen MR) is 227 cm³/mol. The molecule has 0 heterocycles. The monoisotopic (exact) mass is 742 g/mol. The standard InChI is InChI=1S/C55H34O3/c56-30-14-20-6-7-26-25-3-1-2-17-8-21-10-22-11-24-15-31(57)29-16-32(58)27-12-19-5-4-18-9-23-13-28(30)43-36(20)41(26)51-45(33(17)25)38(21)48-39(22)47-37(24)42(29)44(27)49-35(19)34(18)46-40(23)50(43)55(51)54(48)53(46)52(47)49/h1-5,8-15,19,32,34-36,40,43-44,46,49-51,56-58H,6-7,16H2. The lowest BCUT2D eigenvalue weighted by Crippen LogP contribution is -2.58. The summed E-state index contributed by atoms with van der Waals surface area (Å²) in [6.07, 6.45) is 16.7. The number of phenols is 1. The fourth-order valence-corrected chi connectivity index (χ4v) is 18.3. The van der Waals surface area contributed by atoms with Crippen molar-refractivity contribution in [2.75, 3.05) is 0 Å². The van der Waals surface area contributed by atoms with Crippen molar-refractivity contribution in [3.8, 4) is 5.75 Å². The van der Waals surface area contributed by atoms with Gasteiger partial charge in [-0.2, -0.15) is 0 Å². The topological polar surface area (TPSA) is 60.7 Å². The Hall–Kier alpha value is -5.64. The van der Waals surface area contributed by atoms with Crippen molar-refractivity contribution in [2.45, 2.75) is 49.0 Å². The molecule has 6 aromatic carbocycles. The van der Waals surface area contributed by atoms with Crippen LogP contribution < -0.4 is 5.22 Å². The van der Waals surface area contributed by atoms with Crippen LogP contribution in [0.25, 0.3) is 65.0 Å². The maximum atomic E-state index is 12.1. The van der Waals surface area contributed by atoms with Crippen LogP contribution in [-0.2, 0) is 6.42 Å². The molecule has 13 aliphatic carbocycles. The van der Waals surface area contributed by atoms with Crippen molar-refractivity contribution < 1.29 is 15.3 Å². The van der Waals surface area contributed by atoms with Crippen molar-refractivity contribution in [3.63, 3.8) is 0 Å². The summed E-state index contributed by atoms with van der Waals surface area (Å²) >= 11 is 0. The van der Waals surface area contributed by atoms with Gasteiger partial charge in [0.25, 0.3) is 0 Å². The Kier molecular flexibility index (Phi) is 3.86. The van der Waals surface area contributed by atoms with Crippen LogP contribution in [0.1, 0.15) is 69.9 Å². The van der Waals surface area contributed by atoms with Crippen molar-refractivity contribution in [2.24, 2.45) is 41.4 Å². The molecule has 6 aromatic rings. The van der Waals surface area contributed by atoms with Gasteiger partial charge in [-0.15, -0.1) is 0 Å². The second-order valence-corrected chi connectivity index (χ2v) is 20.7. The first-order valence-electron chi connectivity index (χ1n) is 22.1. The first-order valence-corrected chi connectivity index (χ1v) is 22.1. The van der Waals surface area contributed by atoms with E-state index < -0.39 is 6.10 Å². The molecule has 19 rings (SSSR count). The molecule has 3 nitrogen and oxygen atoms in total. The molecule has 12 unspecified atom stereocenters. The molecule has 0 aromatic heterocycles. The fourth-order valence-electron chi connectivity index (χ4n) is 18.3. The number of aliphatic hydroxyl groups excluding tert-OH is 2. The highest BCUT2D eigenvalue weighted by atomic mass is 16.3. The smallest absolute Gasteiger partial charge is 0.119 e. The summed E-state index contributed by atoms with van der Waals surface area (Å²) in [7, 11) is 0. The molecule has 1 fully saturated rings. The summed E-state index contributed by atoms with van der Waals surface area (Å²) in [5.41, 5.74) is 20.3. The van der Waals surface area contributed by atoms with Gasteiger partial charge in [-0.05, 0) is 211 Å². The van der Waals surface area contributed by atoms with Crippen molar-refractivity contribution in [1.29, 1.82) is 0 Å². The second-order valence-electron chi connectivity index (χ2n) is 20.7. The molecule has 12 atom stereocenters. The number of hydrogen-bond acceptors (Lipinski definition) is 3. The Morgan fingerprint density at radius 2 is 1.48 bits per heavy atom. The number of aromatic hydroxyl groups is 1. The third-order valence-corrected chi connectivity index (χ3v) is 19.3. The van der Waals surface area contributed by atoms with Crippen LogP contribution in [-0.4, -0.2) is 21.4 Å². The first-order chi connectivity index (χ1) is 28.5. The Morgan fingerprint density at radius 3 is 2.41 bits per heavy atom. The molecule has 0 spiro atoms. The lowest BCUT2D eigenvalue weighted by Gasteiger charge is -2.65. The molecule has 0 aliphatic heterocycles. The minimum Gasteiger partial charge on any atom is -0.508 e. The van der Waals surface area contributed by atoms with E-state index in [4.69, 9.17) is 0 Å². The highest BCUT2D eigenvalue weighted by Crippen LogP contribution is 2.77. The minimum atomic E-state index is -0.585. The van der Waals surface area contributed by atoms with E-state index in [1.807, 2.05) is 6.07 Å². The van der Waals surface area contributed by atoms with E-state index >= 15 is 0 Å². The average Bonchev–Trinajstić information content (AvgIpc) is 3.23. The Bertz CT molecular complexity index is 3710. The van der Waals surface area contributed by atoms with Crippen LogP contribution in [0.3, 0.4) is 0 Å². The molecule has 3 heteroatoms. The molecule has 58 heavy (non-hydrogen) atoms. The van der Waals surface area contributed by atoms with E-state index in [1.54, 1.807) is 38.6 Å². The zero-order valence-corrected chi connectivity index (χ0v) is 31.4. The van der Waals surface area contributed by atoms with Crippen LogP contribution in [0, 0.1) is 41.4 Å². The molecule has 13 aliphatic rings. The van der Waals surface area contributed by atoms with E-state index in [1.165, 1.54) is 87.5 Å². The van der Waals surface area contributed by atoms with Crippen molar-refractivity contribution >= 4 is 65.0 Å². The van der Waals surface area contributed by atoms with Crippen molar-refractivity contribution in [3.05, 3.63) is 157 Å². The molecule has 0 amide bonds.